The molecule has 6 rings (SSSR count). The van der Waals surface area contributed by atoms with Crippen molar-refractivity contribution in [3.05, 3.63) is 82.9 Å². The van der Waals surface area contributed by atoms with E-state index < -0.39 is 17.7 Å². The van der Waals surface area contributed by atoms with E-state index in [-0.39, 0.29) is 16.7 Å². The number of ketones is 1. The fourth-order valence-electron chi connectivity index (χ4n) is 4.98. The van der Waals surface area contributed by atoms with Crippen LogP contribution in [0.3, 0.4) is 0 Å². The molecular weight excluding hydrogens is 528 g/mol. The summed E-state index contributed by atoms with van der Waals surface area (Å²) in [5, 5.41) is 11.9. The Morgan fingerprint density at radius 3 is 2.42 bits per heavy atom. The van der Waals surface area contributed by atoms with Gasteiger partial charge in [0.1, 0.15) is 24.7 Å². The van der Waals surface area contributed by atoms with Crippen LogP contribution >= 0.6 is 11.3 Å². The van der Waals surface area contributed by atoms with Crippen LogP contribution in [0.5, 0.6) is 17.2 Å². The molecule has 8 nitrogen and oxygen atoms in total. The number of rotatable bonds is 4. The smallest absolute Gasteiger partial charge is 0.301 e. The number of aromatic nitrogens is 1. The molecule has 1 N–H and O–H groups in total. The number of Topliss-reactive ketones (excluding diaryl/α,β-unsaturated/α-hetero) is 1. The largest absolute Gasteiger partial charge is 0.507 e. The van der Waals surface area contributed by atoms with E-state index >= 15 is 0 Å². The zero-order valence-corrected chi connectivity index (χ0v) is 23.4. The molecule has 4 aromatic rings. The molecule has 3 heterocycles. The molecule has 1 atom stereocenters. The summed E-state index contributed by atoms with van der Waals surface area (Å²) >= 11 is 1.28. The number of benzene rings is 3. The van der Waals surface area contributed by atoms with Gasteiger partial charge in [-0.15, -0.1) is 0 Å². The summed E-state index contributed by atoms with van der Waals surface area (Å²) in [6.07, 6.45) is 0. The number of thiazole rings is 1. The van der Waals surface area contributed by atoms with Crippen LogP contribution in [0.15, 0.2) is 66.2 Å². The molecule has 0 radical (unpaired) electrons. The van der Waals surface area contributed by atoms with Gasteiger partial charge in [-0.05, 0) is 52.9 Å². The highest BCUT2D eigenvalue weighted by molar-refractivity contribution is 7.22. The minimum Gasteiger partial charge on any atom is -0.507 e. The van der Waals surface area contributed by atoms with Crippen molar-refractivity contribution in [1.29, 1.82) is 0 Å². The Balaban J connectivity index is 1.52. The van der Waals surface area contributed by atoms with Crippen LogP contribution in [0.1, 0.15) is 43.5 Å². The van der Waals surface area contributed by atoms with Gasteiger partial charge in [0.05, 0.1) is 28.9 Å². The lowest BCUT2D eigenvalue weighted by molar-refractivity contribution is -0.132. The lowest BCUT2D eigenvalue weighted by atomic mass is 9.85. The number of amides is 1. The van der Waals surface area contributed by atoms with E-state index in [1.165, 1.54) is 16.2 Å². The summed E-state index contributed by atoms with van der Waals surface area (Å²) < 4.78 is 17.4. The van der Waals surface area contributed by atoms with Crippen molar-refractivity contribution in [2.45, 2.75) is 32.2 Å². The van der Waals surface area contributed by atoms with Gasteiger partial charge >= 0.3 is 5.91 Å². The van der Waals surface area contributed by atoms with Crippen molar-refractivity contribution in [1.82, 2.24) is 4.98 Å². The predicted octanol–water partition coefficient (Wildman–Crippen LogP) is 6.00. The van der Waals surface area contributed by atoms with Gasteiger partial charge in [-0.1, -0.05) is 56.4 Å². The van der Waals surface area contributed by atoms with Crippen molar-refractivity contribution >= 4 is 44.1 Å². The Bertz CT molecular complexity index is 1680. The third-order valence-corrected chi connectivity index (χ3v) is 8.16. The van der Waals surface area contributed by atoms with Crippen molar-refractivity contribution in [3.63, 3.8) is 0 Å². The fraction of sp³-hybridized carbons (Fsp3) is 0.258. The lowest BCUT2D eigenvalue weighted by Gasteiger charge is -2.25. The molecule has 1 amide bonds. The summed E-state index contributed by atoms with van der Waals surface area (Å²) in [4.78, 5) is 33.3. The van der Waals surface area contributed by atoms with E-state index in [0.717, 1.165) is 10.3 Å². The summed E-state index contributed by atoms with van der Waals surface area (Å²) in [6.45, 7) is 7.16. The number of hydrogen-bond donors (Lipinski definition) is 1. The first-order chi connectivity index (χ1) is 19.2. The van der Waals surface area contributed by atoms with Gasteiger partial charge in [0.2, 0.25) is 0 Å². The summed E-state index contributed by atoms with van der Waals surface area (Å²) in [5.41, 5.74) is 2.72. The summed E-state index contributed by atoms with van der Waals surface area (Å²) in [7, 11) is 1.58. The van der Waals surface area contributed by atoms with Crippen molar-refractivity contribution in [2.75, 3.05) is 25.2 Å². The Morgan fingerprint density at radius 2 is 1.73 bits per heavy atom. The van der Waals surface area contributed by atoms with E-state index in [2.05, 4.69) is 25.8 Å². The van der Waals surface area contributed by atoms with E-state index in [9.17, 15) is 14.7 Å². The Kier molecular flexibility index (Phi) is 6.26. The zero-order valence-electron chi connectivity index (χ0n) is 22.6. The molecule has 0 bridgehead atoms. The molecular formula is C31H28N2O6S. The molecule has 2 aliphatic heterocycles. The summed E-state index contributed by atoms with van der Waals surface area (Å²) in [5.74, 6) is -0.134. The van der Waals surface area contributed by atoms with Crippen LogP contribution in [0.25, 0.3) is 16.0 Å². The molecule has 2 aliphatic rings. The second-order valence-corrected chi connectivity index (χ2v) is 11.7. The predicted molar refractivity (Wildman–Crippen MR) is 154 cm³/mol. The third kappa shape index (κ3) is 4.36. The Morgan fingerprint density at radius 1 is 1.00 bits per heavy atom. The SMILES string of the molecule is COc1ccc2nc(N3C(=O)C(=O)/C(=C(\O)c4ccc5c(c4)OCCO5)C3c3ccc(C(C)(C)C)cc3)sc2c1. The number of carbonyl (C=O) groups excluding carboxylic acids is 2. The Hall–Kier alpha value is -4.37. The molecule has 3 aromatic carbocycles. The quantitative estimate of drug-likeness (QED) is 0.187. The van der Waals surface area contributed by atoms with E-state index in [1.54, 1.807) is 31.4 Å². The number of anilines is 1. The highest BCUT2D eigenvalue weighted by atomic mass is 32.1. The second kappa shape index (κ2) is 9.67. The van der Waals surface area contributed by atoms with Crippen LogP contribution in [0.2, 0.25) is 0 Å². The van der Waals surface area contributed by atoms with Crippen LogP contribution < -0.4 is 19.1 Å². The van der Waals surface area contributed by atoms with Gasteiger partial charge in [-0.3, -0.25) is 14.5 Å². The minimum absolute atomic E-state index is 0.0120. The highest BCUT2D eigenvalue weighted by Crippen LogP contribution is 2.45. The zero-order chi connectivity index (χ0) is 28.2. The van der Waals surface area contributed by atoms with Crippen LogP contribution in [-0.4, -0.2) is 42.1 Å². The molecule has 1 unspecified atom stereocenters. The molecule has 1 saturated heterocycles. The number of methoxy groups -OCH3 is 1. The number of aliphatic hydroxyl groups is 1. The first-order valence-electron chi connectivity index (χ1n) is 12.9. The maximum atomic E-state index is 13.6. The standard InChI is InChI=1S/C31H28N2O6S/c1-31(2,3)19-8-5-17(6-9-19)26-25(27(34)18-7-12-22-23(15-18)39-14-13-38-22)28(35)29(36)33(26)30-32-21-11-10-20(37-4)16-24(21)40-30/h5-12,15-16,26,34H,13-14H2,1-4H3/b27-25-. The number of hydrogen-bond acceptors (Lipinski definition) is 8. The van der Waals surface area contributed by atoms with Gasteiger partial charge in [-0.2, -0.15) is 0 Å². The number of carbonyl (C=O) groups is 2. The first-order valence-corrected chi connectivity index (χ1v) is 13.7. The normalized spacial score (nSPS) is 18.4. The van der Waals surface area contributed by atoms with Gasteiger partial charge < -0.3 is 19.3 Å². The molecule has 0 saturated carbocycles. The van der Waals surface area contributed by atoms with E-state index in [0.29, 0.717) is 52.2 Å². The van der Waals surface area contributed by atoms with Gasteiger partial charge in [0.25, 0.3) is 5.78 Å². The third-order valence-electron chi connectivity index (χ3n) is 7.14. The second-order valence-electron chi connectivity index (χ2n) is 10.7. The van der Waals surface area contributed by atoms with Gasteiger partial charge in [0, 0.05) is 5.56 Å². The number of fused-ring (bicyclic) bond motifs is 2. The lowest BCUT2D eigenvalue weighted by Crippen LogP contribution is -2.29. The molecule has 0 aliphatic carbocycles. The summed E-state index contributed by atoms with van der Waals surface area (Å²) in [6, 6.07) is 17.3. The minimum atomic E-state index is -0.885. The average molecular weight is 557 g/mol. The number of aliphatic hydroxyl groups excluding tert-OH is 1. The van der Waals surface area contributed by atoms with Crippen LogP contribution in [-0.2, 0) is 15.0 Å². The maximum absolute atomic E-state index is 13.6. The van der Waals surface area contributed by atoms with E-state index in [4.69, 9.17) is 14.2 Å². The Labute approximate surface area is 235 Å². The number of ether oxygens (including phenoxy) is 3. The molecule has 9 heteroatoms. The molecule has 0 spiro atoms. The molecule has 1 fully saturated rings. The maximum Gasteiger partial charge on any atom is 0.301 e. The van der Waals surface area contributed by atoms with Crippen molar-refractivity contribution < 1.29 is 28.9 Å². The highest BCUT2D eigenvalue weighted by Gasteiger charge is 2.48. The fourth-order valence-corrected chi connectivity index (χ4v) is 6.00. The molecule has 204 valence electrons. The van der Waals surface area contributed by atoms with Crippen molar-refractivity contribution in [3.8, 4) is 17.2 Å². The van der Waals surface area contributed by atoms with Gasteiger partial charge in [0.15, 0.2) is 16.6 Å². The monoisotopic (exact) mass is 556 g/mol. The average Bonchev–Trinajstić information content (AvgIpc) is 3.49. The first kappa shape index (κ1) is 25.9. The van der Waals surface area contributed by atoms with Crippen LogP contribution in [0, 0.1) is 0 Å². The number of nitrogens with zero attached hydrogens (tertiary/aromatic N) is 2. The van der Waals surface area contributed by atoms with E-state index in [1.807, 2.05) is 36.4 Å². The topological polar surface area (TPSA) is 98.2 Å². The molecule has 1 aromatic heterocycles. The molecule has 40 heavy (non-hydrogen) atoms. The van der Waals surface area contributed by atoms with Crippen molar-refractivity contribution in [2.24, 2.45) is 0 Å². The van der Waals surface area contributed by atoms with Crippen LogP contribution in [0.4, 0.5) is 5.13 Å². The van der Waals surface area contributed by atoms with Gasteiger partial charge in [-0.25, -0.2) is 4.98 Å².